The Morgan fingerprint density at radius 3 is 2.73 bits per heavy atom. The minimum atomic E-state index is 0.107. The minimum absolute atomic E-state index is 0.107. The molecule has 0 bridgehead atoms. The van der Waals surface area contributed by atoms with E-state index in [0.717, 1.165) is 25.2 Å². The van der Waals surface area contributed by atoms with Gasteiger partial charge in [-0.05, 0) is 35.8 Å². The van der Waals surface area contributed by atoms with Crippen molar-refractivity contribution in [2.45, 2.75) is 52.4 Å². The topological polar surface area (TPSA) is 32.3 Å². The molecule has 1 unspecified atom stereocenters. The summed E-state index contributed by atoms with van der Waals surface area (Å²) in [5, 5.41) is 3.45. The number of hydrogen-bond donors (Lipinski definition) is 1. The Kier molecular flexibility index (Phi) is 5.49. The average Bonchev–Trinajstić information content (AvgIpc) is 2.46. The number of benzene rings is 1. The first-order valence-electron chi connectivity index (χ1n) is 8.49. The quantitative estimate of drug-likeness (QED) is 0.910. The first-order chi connectivity index (χ1) is 10.4. The van der Waals surface area contributed by atoms with Crippen molar-refractivity contribution in [2.75, 3.05) is 25.0 Å². The molecule has 22 heavy (non-hydrogen) atoms. The summed E-state index contributed by atoms with van der Waals surface area (Å²) in [5.41, 5.74) is 2.56. The van der Waals surface area contributed by atoms with E-state index in [1.807, 2.05) is 11.0 Å². The van der Waals surface area contributed by atoms with Gasteiger partial charge >= 0.3 is 0 Å². The van der Waals surface area contributed by atoms with Crippen LogP contribution in [0.2, 0.25) is 0 Å². The number of anilines is 1. The molecule has 0 spiro atoms. The molecule has 1 fully saturated rings. The third-order valence-corrected chi connectivity index (χ3v) is 4.40. The zero-order chi connectivity index (χ0) is 16.2. The Balaban J connectivity index is 1.88. The number of carbonyl (C=O) groups is 1. The molecule has 1 aromatic rings. The lowest BCUT2D eigenvalue weighted by Gasteiger charge is -2.31. The van der Waals surface area contributed by atoms with Gasteiger partial charge in [-0.25, -0.2) is 0 Å². The number of likely N-dealkylation sites (tertiary alicyclic amines) is 1. The van der Waals surface area contributed by atoms with Crippen molar-refractivity contribution in [3.63, 3.8) is 0 Å². The van der Waals surface area contributed by atoms with E-state index in [-0.39, 0.29) is 11.3 Å². The van der Waals surface area contributed by atoms with Gasteiger partial charge in [-0.1, -0.05) is 45.9 Å². The van der Waals surface area contributed by atoms with E-state index in [9.17, 15) is 4.79 Å². The molecule has 1 heterocycles. The second-order valence-corrected chi connectivity index (χ2v) is 7.56. The minimum Gasteiger partial charge on any atom is -0.384 e. The van der Waals surface area contributed by atoms with Crippen molar-refractivity contribution in [2.24, 2.45) is 5.92 Å². The molecule has 3 nitrogen and oxygen atoms in total. The number of hydrogen-bond acceptors (Lipinski definition) is 2. The van der Waals surface area contributed by atoms with Crippen molar-refractivity contribution in [3.8, 4) is 0 Å². The molecular weight excluding hydrogens is 272 g/mol. The fraction of sp³-hybridized carbons (Fsp3) is 0.632. The molecule has 1 aliphatic heterocycles. The molecule has 1 N–H and O–H groups in total. The number of rotatable bonds is 4. The summed E-state index contributed by atoms with van der Waals surface area (Å²) in [6.07, 6.45) is 2.97. The predicted molar refractivity (Wildman–Crippen MR) is 93.2 cm³/mol. The van der Waals surface area contributed by atoms with Gasteiger partial charge in [0.2, 0.25) is 5.91 Å². The Labute approximate surface area is 135 Å². The highest BCUT2D eigenvalue weighted by atomic mass is 16.2. The van der Waals surface area contributed by atoms with E-state index in [4.69, 9.17) is 0 Å². The van der Waals surface area contributed by atoms with Crippen LogP contribution < -0.4 is 5.32 Å². The highest BCUT2D eigenvalue weighted by Gasteiger charge is 2.21. The van der Waals surface area contributed by atoms with E-state index in [2.05, 4.69) is 51.2 Å². The van der Waals surface area contributed by atoms with Crippen molar-refractivity contribution >= 4 is 11.6 Å². The van der Waals surface area contributed by atoms with E-state index in [1.54, 1.807) is 0 Å². The van der Waals surface area contributed by atoms with Crippen LogP contribution in [0.4, 0.5) is 5.69 Å². The molecule has 122 valence electrons. The third kappa shape index (κ3) is 4.49. The lowest BCUT2D eigenvalue weighted by molar-refractivity contribution is -0.132. The largest absolute Gasteiger partial charge is 0.384 e. The summed E-state index contributed by atoms with van der Waals surface area (Å²) in [6, 6.07) is 8.39. The summed E-state index contributed by atoms with van der Waals surface area (Å²) in [5.74, 6) is 0.930. The van der Waals surface area contributed by atoms with Gasteiger partial charge in [0, 0.05) is 31.7 Å². The van der Waals surface area contributed by atoms with Gasteiger partial charge in [-0.2, -0.15) is 0 Å². The maximum atomic E-state index is 12.3. The zero-order valence-corrected chi connectivity index (χ0v) is 14.5. The maximum Gasteiger partial charge on any atom is 0.224 e. The molecular formula is C19H30N2O. The maximum absolute atomic E-state index is 12.3. The number of nitrogens with one attached hydrogen (secondary N) is 1. The molecule has 0 aromatic heterocycles. The SMILES string of the molecule is CC1CCCN(C(=O)CCNc2ccccc2C(C)(C)C)C1. The van der Waals surface area contributed by atoms with Crippen LogP contribution in [-0.2, 0) is 10.2 Å². The third-order valence-electron chi connectivity index (χ3n) is 4.40. The second kappa shape index (κ2) is 7.17. The smallest absolute Gasteiger partial charge is 0.224 e. The highest BCUT2D eigenvalue weighted by Crippen LogP contribution is 2.29. The summed E-state index contributed by atoms with van der Waals surface area (Å²) < 4.78 is 0. The molecule has 3 heteroatoms. The first-order valence-corrected chi connectivity index (χ1v) is 8.49. The number of nitrogens with zero attached hydrogens (tertiary/aromatic N) is 1. The lowest BCUT2D eigenvalue weighted by atomic mass is 9.86. The zero-order valence-electron chi connectivity index (χ0n) is 14.5. The van der Waals surface area contributed by atoms with Crippen LogP contribution >= 0.6 is 0 Å². The molecule has 1 amide bonds. The number of amides is 1. The van der Waals surface area contributed by atoms with E-state index >= 15 is 0 Å². The van der Waals surface area contributed by atoms with Gasteiger partial charge in [0.15, 0.2) is 0 Å². The first kappa shape index (κ1) is 16.9. The fourth-order valence-electron chi connectivity index (χ4n) is 3.17. The van der Waals surface area contributed by atoms with Crippen molar-refractivity contribution in [3.05, 3.63) is 29.8 Å². The molecule has 0 saturated carbocycles. The van der Waals surface area contributed by atoms with Gasteiger partial charge in [0.25, 0.3) is 0 Å². The van der Waals surface area contributed by atoms with Gasteiger partial charge in [0.05, 0.1) is 0 Å². The standard InChI is InChI=1S/C19H30N2O/c1-15-8-7-13-21(14-15)18(22)11-12-20-17-10-6-5-9-16(17)19(2,3)4/h5-6,9-10,15,20H,7-8,11-14H2,1-4H3. The van der Waals surface area contributed by atoms with E-state index in [1.165, 1.54) is 12.0 Å². The van der Waals surface area contributed by atoms with Gasteiger partial charge in [-0.3, -0.25) is 4.79 Å². The van der Waals surface area contributed by atoms with E-state index in [0.29, 0.717) is 18.9 Å². The van der Waals surface area contributed by atoms with Crippen molar-refractivity contribution < 1.29 is 4.79 Å². The van der Waals surface area contributed by atoms with Crippen LogP contribution in [0.1, 0.15) is 52.5 Å². The normalized spacial score (nSPS) is 19.1. The predicted octanol–water partition coefficient (Wildman–Crippen LogP) is 4.04. The Hall–Kier alpha value is -1.51. The molecule has 0 radical (unpaired) electrons. The summed E-state index contributed by atoms with van der Waals surface area (Å²) in [4.78, 5) is 14.3. The fourth-order valence-corrected chi connectivity index (χ4v) is 3.17. The van der Waals surface area contributed by atoms with Gasteiger partial charge in [0.1, 0.15) is 0 Å². The van der Waals surface area contributed by atoms with Crippen LogP contribution in [0.15, 0.2) is 24.3 Å². The molecule has 1 aliphatic rings. The van der Waals surface area contributed by atoms with Crippen LogP contribution in [-0.4, -0.2) is 30.4 Å². The Morgan fingerprint density at radius 2 is 2.05 bits per heavy atom. The summed E-state index contributed by atoms with van der Waals surface area (Å²) in [7, 11) is 0. The monoisotopic (exact) mass is 302 g/mol. The molecule has 1 aromatic carbocycles. The van der Waals surface area contributed by atoms with Crippen molar-refractivity contribution in [1.29, 1.82) is 0 Å². The van der Waals surface area contributed by atoms with Crippen LogP contribution in [0.5, 0.6) is 0 Å². The van der Waals surface area contributed by atoms with Gasteiger partial charge in [-0.15, -0.1) is 0 Å². The molecule has 1 saturated heterocycles. The van der Waals surface area contributed by atoms with Gasteiger partial charge < -0.3 is 10.2 Å². The highest BCUT2D eigenvalue weighted by molar-refractivity contribution is 5.77. The summed E-state index contributed by atoms with van der Waals surface area (Å²) >= 11 is 0. The van der Waals surface area contributed by atoms with Crippen LogP contribution in [0.25, 0.3) is 0 Å². The van der Waals surface area contributed by atoms with Crippen LogP contribution in [0, 0.1) is 5.92 Å². The Morgan fingerprint density at radius 1 is 1.32 bits per heavy atom. The summed E-state index contributed by atoms with van der Waals surface area (Å²) in [6.45, 7) is 11.4. The van der Waals surface area contributed by atoms with E-state index < -0.39 is 0 Å². The molecule has 1 atom stereocenters. The lowest BCUT2D eigenvalue weighted by Crippen LogP contribution is -2.39. The molecule has 0 aliphatic carbocycles. The number of para-hydroxylation sites is 1. The Bertz CT molecular complexity index is 504. The number of carbonyl (C=O) groups excluding carboxylic acids is 1. The van der Waals surface area contributed by atoms with Crippen LogP contribution in [0.3, 0.4) is 0 Å². The molecule has 2 rings (SSSR count). The number of piperidine rings is 1. The average molecular weight is 302 g/mol. The second-order valence-electron chi connectivity index (χ2n) is 7.56. The van der Waals surface area contributed by atoms with Crippen molar-refractivity contribution in [1.82, 2.24) is 4.90 Å².